The lowest BCUT2D eigenvalue weighted by molar-refractivity contribution is -0.0258. The maximum Gasteiger partial charge on any atom is 0.407 e. The number of hydrogen-bond donors (Lipinski definition) is 1. The number of likely N-dealkylation sites (tertiary alicyclic amines) is 1. The second kappa shape index (κ2) is 5.50. The number of fused-ring (bicyclic) bond motifs is 2. The van der Waals surface area contributed by atoms with Crippen LogP contribution in [0.4, 0.5) is 4.79 Å². The minimum atomic E-state index is -0.315. The largest absolute Gasteiger partial charge is 0.453 e. The predicted octanol–water partition coefficient (Wildman–Crippen LogP) is 4.26. The van der Waals surface area contributed by atoms with E-state index in [0.717, 1.165) is 29.7 Å². The van der Waals surface area contributed by atoms with Crippen molar-refractivity contribution in [2.45, 2.75) is 62.4 Å². The van der Waals surface area contributed by atoms with E-state index in [1.807, 2.05) is 0 Å². The first kappa shape index (κ1) is 16.4. The maximum atomic E-state index is 11.8. The van der Waals surface area contributed by atoms with Gasteiger partial charge in [-0.05, 0) is 86.4 Å². The molecule has 4 heteroatoms. The summed E-state index contributed by atoms with van der Waals surface area (Å²) in [6.45, 7) is 2.45. The van der Waals surface area contributed by atoms with Crippen LogP contribution in [0, 0.1) is 17.3 Å². The fraction of sp³-hybridized carbons (Fsp3) is 0.696. The van der Waals surface area contributed by atoms with Crippen LogP contribution in [0.2, 0.25) is 0 Å². The number of nitrogens with zero attached hydrogens (tertiary/aromatic N) is 1. The molecule has 0 bridgehead atoms. The molecular weight excluding hydrogens is 336 g/mol. The average Bonchev–Trinajstić information content (AvgIpc) is 3.27. The summed E-state index contributed by atoms with van der Waals surface area (Å²) < 4.78 is 4.87. The zero-order valence-corrected chi connectivity index (χ0v) is 16.2. The lowest BCUT2D eigenvalue weighted by atomic mass is 9.65. The highest BCUT2D eigenvalue weighted by Crippen LogP contribution is 2.76. The second-order valence-corrected chi connectivity index (χ2v) is 9.89. The van der Waals surface area contributed by atoms with Crippen molar-refractivity contribution in [2.75, 3.05) is 20.2 Å². The molecule has 6 rings (SSSR count). The number of rotatable bonds is 2. The van der Waals surface area contributed by atoms with Crippen LogP contribution in [-0.4, -0.2) is 37.2 Å². The van der Waals surface area contributed by atoms with Gasteiger partial charge in [0.15, 0.2) is 0 Å². The number of carbonyl (C=O) groups is 1. The minimum absolute atomic E-state index is 0. The number of nitrogens with one attached hydrogen (secondary N) is 1. The van der Waals surface area contributed by atoms with Gasteiger partial charge in [-0.25, -0.2) is 4.79 Å². The van der Waals surface area contributed by atoms with Crippen molar-refractivity contribution in [2.24, 2.45) is 17.3 Å². The summed E-state index contributed by atoms with van der Waals surface area (Å²) >= 11 is 0. The van der Waals surface area contributed by atoms with Crippen LogP contribution in [0.25, 0.3) is 0 Å². The van der Waals surface area contributed by atoms with Crippen LogP contribution in [0.1, 0.15) is 63.5 Å². The van der Waals surface area contributed by atoms with Crippen LogP contribution in [-0.2, 0) is 10.2 Å². The molecule has 27 heavy (non-hydrogen) atoms. The molecule has 146 valence electrons. The first-order chi connectivity index (χ1) is 13.2. The van der Waals surface area contributed by atoms with Gasteiger partial charge in [-0.1, -0.05) is 24.3 Å². The van der Waals surface area contributed by atoms with E-state index in [0.29, 0.717) is 0 Å². The van der Waals surface area contributed by atoms with E-state index in [2.05, 4.69) is 34.5 Å². The van der Waals surface area contributed by atoms with E-state index < -0.39 is 0 Å². The topological polar surface area (TPSA) is 41.6 Å². The number of hydrogen-bond acceptors (Lipinski definition) is 3. The number of carbonyl (C=O) groups excluding carboxylic acids is 1. The molecule has 1 N–H and O–H groups in total. The molecule has 5 aliphatic rings. The fourth-order valence-corrected chi connectivity index (χ4v) is 7.62. The minimum Gasteiger partial charge on any atom is -0.453 e. The van der Waals surface area contributed by atoms with Crippen molar-refractivity contribution in [1.82, 2.24) is 10.2 Å². The Morgan fingerprint density at radius 1 is 1.19 bits per heavy atom. The third-order valence-electron chi connectivity index (χ3n) is 9.10. The van der Waals surface area contributed by atoms with Crippen molar-refractivity contribution in [3.8, 4) is 0 Å². The van der Waals surface area contributed by atoms with Crippen molar-refractivity contribution >= 4 is 6.09 Å². The van der Waals surface area contributed by atoms with E-state index in [-0.39, 0.29) is 19.0 Å². The standard InChI is InChI=1S/C23H30N2O2.H2/c1-27-21(26)24-19-13-22(17-5-3-2-4-16(17)19)8-10-25(11-9-22)20-14-23-12-15(23)6-7-18(20)23;/h2-5,15,18-20H,6-14H2,1H3,(H,24,26);1H/t15-,18+,19+,20?,23?;/m1./s1. The van der Waals surface area contributed by atoms with Gasteiger partial charge in [-0.2, -0.15) is 0 Å². The van der Waals surface area contributed by atoms with Crippen molar-refractivity contribution in [3.63, 3.8) is 0 Å². The molecule has 0 aromatic heterocycles. The predicted molar refractivity (Wildman–Crippen MR) is 106 cm³/mol. The quantitative estimate of drug-likeness (QED) is 0.848. The molecule has 1 saturated heterocycles. The number of amides is 1. The Kier molecular flexibility index (Phi) is 3.34. The Morgan fingerprint density at radius 3 is 2.74 bits per heavy atom. The smallest absolute Gasteiger partial charge is 0.407 e. The van der Waals surface area contributed by atoms with Gasteiger partial charge < -0.3 is 15.0 Å². The summed E-state index contributed by atoms with van der Waals surface area (Å²) in [5, 5.41) is 3.08. The highest BCUT2D eigenvalue weighted by Gasteiger charge is 2.71. The Hall–Kier alpha value is -1.55. The van der Waals surface area contributed by atoms with Gasteiger partial charge in [0, 0.05) is 12.9 Å². The molecule has 1 aromatic rings. The third-order valence-corrected chi connectivity index (χ3v) is 9.10. The average molecular weight is 369 g/mol. The number of alkyl carbamates (subject to hydrolysis) is 1. The van der Waals surface area contributed by atoms with Crippen LogP contribution in [0.15, 0.2) is 24.3 Å². The lowest BCUT2D eigenvalue weighted by Gasteiger charge is -2.53. The first-order valence-corrected chi connectivity index (χ1v) is 10.8. The third kappa shape index (κ3) is 2.16. The monoisotopic (exact) mass is 368 g/mol. The molecule has 2 unspecified atom stereocenters. The molecule has 3 saturated carbocycles. The molecule has 1 amide bonds. The van der Waals surface area contributed by atoms with Gasteiger partial charge in [0.2, 0.25) is 0 Å². The number of methoxy groups -OCH3 is 1. The number of piperidine rings is 1. The summed E-state index contributed by atoms with van der Waals surface area (Å²) in [5.41, 5.74) is 3.82. The van der Waals surface area contributed by atoms with Gasteiger partial charge in [0.25, 0.3) is 0 Å². The van der Waals surface area contributed by atoms with Crippen molar-refractivity contribution in [1.29, 1.82) is 0 Å². The van der Waals surface area contributed by atoms with Crippen LogP contribution in [0.5, 0.6) is 0 Å². The molecular formula is C23H32N2O2. The fourth-order valence-electron chi connectivity index (χ4n) is 7.62. The van der Waals surface area contributed by atoms with Gasteiger partial charge >= 0.3 is 6.09 Å². The Balaban J connectivity index is 0.00000171. The van der Waals surface area contributed by atoms with Gasteiger partial charge in [-0.3, -0.25) is 0 Å². The van der Waals surface area contributed by atoms with Crippen LogP contribution in [0.3, 0.4) is 0 Å². The summed E-state index contributed by atoms with van der Waals surface area (Å²) in [6, 6.07) is 9.71. The maximum absolute atomic E-state index is 11.8. The van der Waals surface area contributed by atoms with E-state index >= 15 is 0 Å². The Morgan fingerprint density at radius 2 is 2.00 bits per heavy atom. The Bertz CT molecular complexity index is 789. The summed E-state index contributed by atoms with van der Waals surface area (Å²) in [4.78, 5) is 14.7. The van der Waals surface area contributed by atoms with Gasteiger partial charge in [-0.15, -0.1) is 0 Å². The zero-order valence-electron chi connectivity index (χ0n) is 16.2. The molecule has 4 fully saturated rings. The summed E-state index contributed by atoms with van der Waals surface area (Å²) in [7, 11) is 1.45. The molecule has 1 aliphatic heterocycles. The lowest BCUT2D eigenvalue weighted by Crippen LogP contribution is -2.56. The normalized spacial score (nSPS) is 40.6. The molecule has 4 aliphatic carbocycles. The second-order valence-electron chi connectivity index (χ2n) is 9.89. The Labute approximate surface area is 163 Å². The van der Waals surface area contributed by atoms with Crippen molar-refractivity contribution < 1.29 is 11.0 Å². The number of ether oxygens (including phenoxy) is 1. The summed E-state index contributed by atoms with van der Waals surface area (Å²) in [6.07, 6.45) is 9.18. The van der Waals surface area contributed by atoms with E-state index in [1.54, 1.807) is 6.42 Å². The van der Waals surface area contributed by atoms with Crippen LogP contribution < -0.4 is 5.32 Å². The van der Waals surface area contributed by atoms with E-state index in [4.69, 9.17) is 4.74 Å². The summed E-state index contributed by atoms with van der Waals surface area (Å²) in [5.74, 6) is 2.11. The van der Waals surface area contributed by atoms with Crippen molar-refractivity contribution in [3.05, 3.63) is 35.4 Å². The molecule has 2 spiro atoms. The zero-order chi connectivity index (χ0) is 18.2. The molecule has 1 aromatic carbocycles. The molecule has 4 nitrogen and oxygen atoms in total. The first-order valence-electron chi connectivity index (χ1n) is 10.8. The van der Waals surface area contributed by atoms with Crippen LogP contribution >= 0.6 is 0 Å². The molecule has 5 atom stereocenters. The van der Waals surface area contributed by atoms with E-state index in [1.165, 1.54) is 63.4 Å². The molecule has 0 radical (unpaired) electrons. The number of benzene rings is 1. The van der Waals surface area contributed by atoms with Gasteiger partial charge in [0.1, 0.15) is 0 Å². The SMILES string of the molecule is COC(=O)N[C@H]1CC2(CCN(C3CC45C[C@H]4CC[C@@H]35)CC2)c2ccccc21.[HH]. The van der Waals surface area contributed by atoms with Gasteiger partial charge in [0.05, 0.1) is 13.2 Å². The highest BCUT2D eigenvalue weighted by atomic mass is 16.5. The van der Waals surface area contributed by atoms with E-state index in [9.17, 15) is 4.79 Å². The highest BCUT2D eigenvalue weighted by molar-refractivity contribution is 5.68. The molecule has 1 heterocycles.